The topological polar surface area (TPSA) is 48.7 Å². The van der Waals surface area contributed by atoms with Crippen molar-refractivity contribution in [1.82, 2.24) is 24.9 Å². The maximum atomic E-state index is 4.84. The molecule has 1 aliphatic rings. The maximum absolute atomic E-state index is 4.84. The lowest BCUT2D eigenvalue weighted by Crippen LogP contribution is -2.53. The minimum atomic E-state index is 0. The molecule has 28 heavy (non-hydrogen) atoms. The number of benzene rings is 1. The molecule has 1 fully saturated rings. The summed E-state index contributed by atoms with van der Waals surface area (Å²) in [6, 6.07) is 13.4. The summed E-state index contributed by atoms with van der Waals surface area (Å²) < 4.78 is 1.89. The molecular weight excluding hydrogens is 463 g/mol. The van der Waals surface area contributed by atoms with E-state index in [9.17, 15) is 0 Å². The van der Waals surface area contributed by atoms with Gasteiger partial charge in [-0.25, -0.2) is 4.99 Å². The first kappa shape index (κ1) is 22.7. The third kappa shape index (κ3) is 5.70. The first-order valence-corrected chi connectivity index (χ1v) is 10.0. The SMILES string of the molecule is CCNC(=NCc1ccnn1C)N1CCN(C(CC)c2ccccc2)CC1.I. The standard InChI is InChI=1S/C21H32N6.HI/c1-4-20(18-9-7-6-8-10-18)26-13-15-27(16-14-26)21(22-5-2)23-17-19-11-12-24-25(19)3;/h6-12,20H,4-5,13-17H2,1-3H3,(H,22,23);1H. The Morgan fingerprint density at radius 2 is 1.82 bits per heavy atom. The highest BCUT2D eigenvalue weighted by Gasteiger charge is 2.25. The molecule has 1 aromatic heterocycles. The molecule has 0 amide bonds. The van der Waals surface area contributed by atoms with Crippen LogP contribution in [0.4, 0.5) is 0 Å². The zero-order valence-corrected chi connectivity index (χ0v) is 19.5. The Balaban J connectivity index is 0.00000280. The Hall–Kier alpha value is -1.61. The molecule has 2 heterocycles. The Morgan fingerprint density at radius 1 is 1.11 bits per heavy atom. The number of aliphatic imine (C=N–C) groups is 1. The van der Waals surface area contributed by atoms with Gasteiger partial charge in [0, 0.05) is 52.0 Å². The average Bonchev–Trinajstić information content (AvgIpc) is 3.12. The molecule has 154 valence electrons. The smallest absolute Gasteiger partial charge is 0.194 e. The lowest BCUT2D eigenvalue weighted by Gasteiger charge is -2.40. The molecule has 1 aliphatic heterocycles. The van der Waals surface area contributed by atoms with Crippen LogP contribution in [0, 0.1) is 0 Å². The Kier molecular flexibility index (Phi) is 9.24. The van der Waals surface area contributed by atoms with Crippen LogP contribution < -0.4 is 5.32 Å². The van der Waals surface area contributed by atoms with E-state index in [0.717, 1.165) is 50.8 Å². The molecule has 0 bridgehead atoms. The van der Waals surface area contributed by atoms with Crippen molar-refractivity contribution < 1.29 is 0 Å². The van der Waals surface area contributed by atoms with E-state index in [1.165, 1.54) is 5.56 Å². The van der Waals surface area contributed by atoms with Gasteiger partial charge in [-0.05, 0) is 25.0 Å². The number of hydrogen-bond donors (Lipinski definition) is 1. The summed E-state index contributed by atoms with van der Waals surface area (Å²) in [6.07, 6.45) is 2.96. The van der Waals surface area contributed by atoms with Crippen LogP contribution >= 0.6 is 24.0 Å². The van der Waals surface area contributed by atoms with Gasteiger partial charge in [-0.2, -0.15) is 5.10 Å². The molecule has 1 aromatic carbocycles. The summed E-state index contributed by atoms with van der Waals surface area (Å²) in [4.78, 5) is 9.83. The van der Waals surface area contributed by atoms with Crippen LogP contribution in [0.3, 0.4) is 0 Å². The van der Waals surface area contributed by atoms with Crippen LogP contribution in [-0.2, 0) is 13.6 Å². The average molecular weight is 496 g/mol. The summed E-state index contributed by atoms with van der Waals surface area (Å²) in [7, 11) is 1.96. The third-order valence-corrected chi connectivity index (χ3v) is 5.27. The van der Waals surface area contributed by atoms with Gasteiger partial charge in [0.25, 0.3) is 0 Å². The van der Waals surface area contributed by atoms with Gasteiger partial charge >= 0.3 is 0 Å². The number of piperazine rings is 1. The van der Waals surface area contributed by atoms with Crippen molar-refractivity contribution in [3.63, 3.8) is 0 Å². The fourth-order valence-electron chi connectivity index (χ4n) is 3.76. The molecule has 6 nitrogen and oxygen atoms in total. The lowest BCUT2D eigenvalue weighted by atomic mass is 10.0. The third-order valence-electron chi connectivity index (χ3n) is 5.27. The number of rotatable bonds is 6. The molecular formula is C21H33IN6. The molecule has 1 N–H and O–H groups in total. The highest BCUT2D eigenvalue weighted by Crippen LogP contribution is 2.25. The Labute approximate surface area is 186 Å². The Bertz CT molecular complexity index is 722. The van der Waals surface area contributed by atoms with Crippen molar-refractivity contribution in [2.24, 2.45) is 12.0 Å². The molecule has 0 saturated carbocycles. The zero-order valence-electron chi connectivity index (χ0n) is 17.2. The van der Waals surface area contributed by atoms with Crippen molar-refractivity contribution in [2.45, 2.75) is 32.9 Å². The van der Waals surface area contributed by atoms with E-state index >= 15 is 0 Å². The second-order valence-corrected chi connectivity index (χ2v) is 6.97. The first-order valence-electron chi connectivity index (χ1n) is 10.0. The number of hydrogen-bond acceptors (Lipinski definition) is 3. The predicted octanol–water partition coefficient (Wildman–Crippen LogP) is 3.27. The van der Waals surface area contributed by atoms with Gasteiger partial charge in [0.15, 0.2) is 5.96 Å². The summed E-state index contributed by atoms with van der Waals surface area (Å²) in [6.45, 7) is 10.1. The normalized spacial score (nSPS) is 16.5. The van der Waals surface area contributed by atoms with E-state index in [-0.39, 0.29) is 24.0 Å². The maximum Gasteiger partial charge on any atom is 0.194 e. The minimum absolute atomic E-state index is 0. The minimum Gasteiger partial charge on any atom is -0.357 e. The van der Waals surface area contributed by atoms with Crippen molar-refractivity contribution in [3.8, 4) is 0 Å². The van der Waals surface area contributed by atoms with Gasteiger partial charge in [-0.1, -0.05) is 37.3 Å². The summed E-state index contributed by atoms with van der Waals surface area (Å²) >= 11 is 0. The van der Waals surface area contributed by atoms with Crippen LogP contribution in [0.25, 0.3) is 0 Å². The van der Waals surface area contributed by atoms with E-state index in [0.29, 0.717) is 12.6 Å². The number of nitrogens with zero attached hydrogens (tertiary/aromatic N) is 5. The zero-order chi connectivity index (χ0) is 19.1. The number of aryl methyl sites for hydroxylation is 1. The number of aromatic nitrogens is 2. The molecule has 1 unspecified atom stereocenters. The molecule has 1 saturated heterocycles. The van der Waals surface area contributed by atoms with Crippen molar-refractivity contribution in [2.75, 3.05) is 32.7 Å². The van der Waals surface area contributed by atoms with Gasteiger partial charge < -0.3 is 10.2 Å². The van der Waals surface area contributed by atoms with E-state index in [4.69, 9.17) is 4.99 Å². The van der Waals surface area contributed by atoms with Gasteiger partial charge in [0.2, 0.25) is 0 Å². The van der Waals surface area contributed by atoms with Gasteiger partial charge in [0.05, 0.1) is 12.2 Å². The highest BCUT2D eigenvalue weighted by atomic mass is 127. The van der Waals surface area contributed by atoms with E-state index in [1.54, 1.807) is 0 Å². The van der Waals surface area contributed by atoms with Crippen LogP contribution in [-0.4, -0.2) is 58.3 Å². The van der Waals surface area contributed by atoms with E-state index in [1.807, 2.05) is 24.0 Å². The Morgan fingerprint density at radius 3 is 2.39 bits per heavy atom. The fourth-order valence-corrected chi connectivity index (χ4v) is 3.76. The summed E-state index contributed by atoms with van der Waals surface area (Å²) in [5.74, 6) is 1.01. The first-order chi connectivity index (χ1) is 13.2. The van der Waals surface area contributed by atoms with Crippen LogP contribution in [0.15, 0.2) is 47.6 Å². The van der Waals surface area contributed by atoms with Crippen LogP contribution in [0.1, 0.15) is 37.6 Å². The lowest BCUT2D eigenvalue weighted by molar-refractivity contribution is 0.127. The highest BCUT2D eigenvalue weighted by molar-refractivity contribution is 14.0. The van der Waals surface area contributed by atoms with Gasteiger partial charge in [-0.15, -0.1) is 24.0 Å². The molecule has 7 heteroatoms. The van der Waals surface area contributed by atoms with Crippen molar-refractivity contribution >= 4 is 29.9 Å². The molecule has 0 aliphatic carbocycles. The molecule has 2 aromatic rings. The van der Waals surface area contributed by atoms with Crippen molar-refractivity contribution in [1.29, 1.82) is 0 Å². The predicted molar refractivity (Wildman–Crippen MR) is 126 cm³/mol. The quantitative estimate of drug-likeness (QED) is 0.379. The number of halogens is 1. The van der Waals surface area contributed by atoms with Crippen molar-refractivity contribution in [3.05, 3.63) is 53.9 Å². The second-order valence-electron chi connectivity index (χ2n) is 6.97. The molecule has 0 radical (unpaired) electrons. The summed E-state index contributed by atoms with van der Waals surface area (Å²) in [5.41, 5.74) is 2.55. The van der Waals surface area contributed by atoms with E-state index in [2.05, 4.69) is 64.4 Å². The van der Waals surface area contributed by atoms with Crippen LogP contribution in [0.2, 0.25) is 0 Å². The summed E-state index contributed by atoms with van der Waals surface area (Å²) in [5, 5.41) is 7.68. The van der Waals surface area contributed by atoms with Gasteiger partial charge in [-0.3, -0.25) is 9.58 Å². The number of guanidine groups is 1. The number of nitrogens with one attached hydrogen (secondary N) is 1. The molecule has 0 spiro atoms. The fraction of sp³-hybridized carbons (Fsp3) is 0.524. The van der Waals surface area contributed by atoms with Gasteiger partial charge in [0.1, 0.15) is 0 Å². The molecule has 3 rings (SSSR count). The monoisotopic (exact) mass is 496 g/mol. The molecule has 1 atom stereocenters. The van der Waals surface area contributed by atoms with Crippen LogP contribution in [0.5, 0.6) is 0 Å². The van der Waals surface area contributed by atoms with E-state index < -0.39 is 0 Å². The second kappa shape index (κ2) is 11.4. The largest absolute Gasteiger partial charge is 0.357 e.